The van der Waals surface area contributed by atoms with E-state index in [1.165, 1.54) is 6.07 Å². The Kier molecular flexibility index (Phi) is 5.28. The Balaban J connectivity index is 2.09. The lowest BCUT2D eigenvalue weighted by Gasteiger charge is -2.15. The molecule has 0 heterocycles. The summed E-state index contributed by atoms with van der Waals surface area (Å²) in [5.74, 6) is -0.122. The highest BCUT2D eigenvalue weighted by Gasteiger charge is 2.34. The van der Waals surface area contributed by atoms with Crippen LogP contribution >= 0.6 is 15.9 Å². The van der Waals surface area contributed by atoms with Crippen molar-refractivity contribution in [3.63, 3.8) is 0 Å². The third-order valence-corrected chi connectivity index (χ3v) is 3.64. The van der Waals surface area contributed by atoms with Gasteiger partial charge in [-0.15, -0.1) is 0 Å². The number of hydrogen-bond acceptors (Lipinski definition) is 1. The second-order valence-electron chi connectivity index (χ2n) is 4.55. The highest BCUT2D eigenvalue weighted by molar-refractivity contribution is 9.08. The summed E-state index contributed by atoms with van der Waals surface area (Å²) >= 11 is 3.16. The molecule has 1 nitrogen and oxygen atoms in total. The molecule has 0 bridgehead atoms. The summed E-state index contributed by atoms with van der Waals surface area (Å²) in [6, 6.07) is 13.6. The molecule has 112 valence electrons. The summed E-state index contributed by atoms with van der Waals surface area (Å²) in [7, 11) is 0. The van der Waals surface area contributed by atoms with Crippen LogP contribution in [0.1, 0.15) is 16.7 Å². The Morgan fingerprint density at radius 2 is 1.67 bits per heavy atom. The van der Waals surface area contributed by atoms with Crippen molar-refractivity contribution in [1.29, 1.82) is 0 Å². The van der Waals surface area contributed by atoms with Crippen molar-refractivity contribution in [1.82, 2.24) is 0 Å². The molecule has 0 aliphatic carbocycles. The number of rotatable bonds is 5. The Hall–Kier alpha value is -1.49. The van der Waals surface area contributed by atoms with E-state index in [9.17, 15) is 13.2 Å². The van der Waals surface area contributed by atoms with E-state index in [1.54, 1.807) is 6.07 Å². The minimum Gasteiger partial charge on any atom is -0.493 e. The monoisotopic (exact) mass is 358 g/mol. The quantitative estimate of drug-likeness (QED) is 0.665. The van der Waals surface area contributed by atoms with E-state index >= 15 is 0 Å². The summed E-state index contributed by atoms with van der Waals surface area (Å²) in [4.78, 5) is 0. The third-order valence-electron chi connectivity index (χ3n) is 2.99. The van der Waals surface area contributed by atoms with E-state index in [-0.39, 0.29) is 12.4 Å². The summed E-state index contributed by atoms with van der Waals surface area (Å²) in [5, 5.41) is 0.375. The molecule has 2 rings (SSSR count). The van der Waals surface area contributed by atoms with Crippen molar-refractivity contribution in [3.8, 4) is 5.75 Å². The predicted octanol–water partition coefficient (Wildman–Crippen LogP) is 5.22. The number of hydrogen-bond donors (Lipinski definition) is 0. The van der Waals surface area contributed by atoms with Gasteiger partial charge < -0.3 is 4.74 Å². The van der Waals surface area contributed by atoms with Gasteiger partial charge in [-0.05, 0) is 23.3 Å². The molecule has 2 aromatic carbocycles. The Morgan fingerprint density at radius 1 is 0.952 bits per heavy atom. The van der Waals surface area contributed by atoms with Crippen LogP contribution in [0.3, 0.4) is 0 Å². The van der Waals surface area contributed by atoms with Crippen molar-refractivity contribution in [3.05, 3.63) is 65.2 Å². The maximum atomic E-state index is 13.0. The van der Waals surface area contributed by atoms with Crippen molar-refractivity contribution in [2.75, 3.05) is 6.61 Å². The summed E-state index contributed by atoms with van der Waals surface area (Å²) in [5.41, 5.74) is 0.869. The van der Waals surface area contributed by atoms with Crippen LogP contribution in [-0.2, 0) is 17.9 Å². The molecule has 0 aromatic heterocycles. The van der Waals surface area contributed by atoms with Crippen LogP contribution in [0.2, 0.25) is 0 Å². The fraction of sp³-hybridized carbons (Fsp3) is 0.250. The van der Waals surface area contributed by atoms with E-state index in [1.807, 2.05) is 30.3 Å². The average molecular weight is 359 g/mol. The highest BCUT2D eigenvalue weighted by atomic mass is 79.9. The van der Waals surface area contributed by atoms with Crippen LogP contribution in [0, 0.1) is 0 Å². The van der Waals surface area contributed by atoms with Crippen molar-refractivity contribution in [2.45, 2.75) is 17.9 Å². The number of halogens is 4. The molecule has 0 atom stereocenters. The molecule has 0 fully saturated rings. The molecule has 0 spiro atoms. The highest BCUT2D eigenvalue weighted by Crippen LogP contribution is 2.37. The van der Waals surface area contributed by atoms with Crippen LogP contribution in [0.15, 0.2) is 48.5 Å². The van der Waals surface area contributed by atoms with Gasteiger partial charge in [-0.25, -0.2) is 0 Å². The van der Waals surface area contributed by atoms with Gasteiger partial charge in [0.25, 0.3) is 0 Å². The van der Waals surface area contributed by atoms with E-state index in [0.717, 1.165) is 11.6 Å². The standard InChI is InChI=1S/C16H14BrF3O/c17-11-13-6-7-15(14(10-13)16(18,19)20)21-9-8-12-4-2-1-3-5-12/h1-7,10H,8-9,11H2. The molecule has 0 aliphatic heterocycles. The topological polar surface area (TPSA) is 9.23 Å². The Bertz CT molecular complexity index is 582. The van der Waals surface area contributed by atoms with Crippen LogP contribution in [0.25, 0.3) is 0 Å². The number of alkyl halides is 4. The zero-order valence-corrected chi connectivity index (χ0v) is 12.7. The second-order valence-corrected chi connectivity index (χ2v) is 5.11. The van der Waals surface area contributed by atoms with Crippen LogP contribution in [0.5, 0.6) is 5.75 Å². The normalized spacial score (nSPS) is 11.4. The van der Waals surface area contributed by atoms with Crippen molar-refractivity contribution >= 4 is 15.9 Å². The molecule has 0 radical (unpaired) electrons. The molecule has 0 saturated heterocycles. The summed E-state index contributed by atoms with van der Waals surface area (Å²) in [6.07, 6.45) is -3.85. The first-order chi connectivity index (χ1) is 10.0. The lowest BCUT2D eigenvalue weighted by molar-refractivity contribution is -0.139. The van der Waals surface area contributed by atoms with Gasteiger partial charge in [0.2, 0.25) is 0 Å². The first-order valence-corrected chi connectivity index (χ1v) is 7.55. The van der Waals surface area contributed by atoms with Gasteiger partial charge in [0, 0.05) is 11.8 Å². The maximum Gasteiger partial charge on any atom is 0.419 e. The van der Waals surface area contributed by atoms with E-state index in [0.29, 0.717) is 17.3 Å². The molecule has 5 heteroatoms. The second kappa shape index (κ2) is 6.98. The number of benzene rings is 2. The van der Waals surface area contributed by atoms with Gasteiger partial charge in [-0.3, -0.25) is 0 Å². The Morgan fingerprint density at radius 3 is 2.29 bits per heavy atom. The van der Waals surface area contributed by atoms with E-state index in [2.05, 4.69) is 15.9 Å². The third kappa shape index (κ3) is 4.49. The predicted molar refractivity (Wildman–Crippen MR) is 79.7 cm³/mol. The van der Waals surface area contributed by atoms with E-state index < -0.39 is 11.7 Å². The zero-order valence-electron chi connectivity index (χ0n) is 11.2. The summed E-state index contributed by atoms with van der Waals surface area (Å²) in [6.45, 7) is 0.209. The lowest BCUT2D eigenvalue weighted by atomic mass is 10.1. The molecular formula is C16H14BrF3O. The number of ether oxygens (including phenoxy) is 1. The Labute approximate surface area is 129 Å². The van der Waals surface area contributed by atoms with Gasteiger partial charge in [-0.1, -0.05) is 52.3 Å². The molecule has 0 unspecified atom stereocenters. The van der Waals surface area contributed by atoms with Crippen LogP contribution in [0.4, 0.5) is 13.2 Å². The lowest BCUT2D eigenvalue weighted by Crippen LogP contribution is -2.11. The van der Waals surface area contributed by atoms with Crippen LogP contribution in [-0.4, -0.2) is 6.61 Å². The van der Waals surface area contributed by atoms with Crippen LogP contribution < -0.4 is 4.74 Å². The van der Waals surface area contributed by atoms with Gasteiger partial charge >= 0.3 is 6.18 Å². The largest absolute Gasteiger partial charge is 0.493 e. The molecular weight excluding hydrogens is 345 g/mol. The minimum absolute atomic E-state index is 0.122. The molecule has 0 N–H and O–H groups in total. The van der Waals surface area contributed by atoms with E-state index in [4.69, 9.17) is 4.74 Å². The van der Waals surface area contributed by atoms with Gasteiger partial charge in [0.1, 0.15) is 5.75 Å². The fourth-order valence-corrected chi connectivity index (χ4v) is 2.28. The first kappa shape index (κ1) is 15.9. The molecule has 21 heavy (non-hydrogen) atoms. The molecule has 0 aliphatic rings. The SMILES string of the molecule is FC(F)(F)c1cc(CBr)ccc1OCCc1ccccc1. The van der Waals surface area contributed by atoms with Gasteiger partial charge in [0.05, 0.1) is 12.2 Å². The van der Waals surface area contributed by atoms with Crippen molar-refractivity contribution in [2.24, 2.45) is 0 Å². The summed E-state index contributed by atoms with van der Waals surface area (Å²) < 4.78 is 44.4. The minimum atomic E-state index is -4.42. The maximum absolute atomic E-state index is 13.0. The molecule has 0 saturated carbocycles. The molecule has 0 amide bonds. The first-order valence-electron chi connectivity index (χ1n) is 6.43. The smallest absolute Gasteiger partial charge is 0.419 e. The molecule has 2 aromatic rings. The van der Waals surface area contributed by atoms with Gasteiger partial charge in [0.15, 0.2) is 0 Å². The van der Waals surface area contributed by atoms with Crippen molar-refractivity contribution < 1.29 is 17.9 Å². The zero-order chi connectivity index (χ0) is 15.3. The fourth-order valence-electron chi connectivity index (χ4n) is 1.93. The van der Waals surface area contributed by atoms with Gasteiger partial charge in [-0.2, -0.15) is 13.2 Å². The average Bonchev–Trinajstić information content (AvgIpc) is 2.47.